The summed E-state index contributed by atoms with van der Waals surface area (Å²) in [7, 11) is 0. The molecule has 14 aromatic rings. The van der Waals surface area contributed by atoms with Gasteiger partial charge in [-0.3, -0.25) is 0 Å². The number of rotatable bonds is 14. The van der Waals surface area contributed by atoms with Gasteiger partial charge in [0.2, 0.25) is 0 Å². The second-order valence-corrected chi connectivity index (χ2v) is 31.0. The first-order valence-corrected chi connectivity index (χ1v) is 35.9. The normalized spacial score (nSPS) is 16.0. The first-order chi connectivity index (χ1) is 48.9. The van der Waals surface area contributed by atoms with E-state index in [1.165, 1.54) is 122 Å². The van der Waals surface area contributed by atoms with Crippen LogP contribution in [0.1, 0.15) is 133 Å². The van der Waals surface area contributed by atoms with Crippen molar-refractivity contribution >= 4 is 67.8 Å². The molecule has 2 unspecified atom stereocenters. The zero-order valence-corrected chi connectivity index (χ0v) is 59.2. The molecule has 2 atom stereocenters. The van der Waals surface area contributed by atoms with Crippen LogP contribution >= 0.6 is 0 Å². The Balaban J connectivity index is 0.827. The Kier molecular flexibility index (Phi) is 15.0. The standard InChI is InChI=1S/C99H84N2/c1-11-65-35-39-67(40-36-65)63-98(73-47-43-71(44-48-73)95(3,4)5)87-31-19-17-29-81(87)85-57-53-77(61-91(85)98)100(93-33-21-25-69-23-13-15-27-79(69)93)75-51-55-83-84-56-52-76(60-90(84)97(9,10)89(83)59-75)101(94-34-22-26-70-24-14-16-28-80(70)94)78-54-58-86-82-30-18-20-32-88(82)99(92(86)62-78,64-68-41-37-66(12-2)38-42-68)74-49-45-72(46-50-74)96(6,7)8/h11-62H,1-2,63-64H2,3-10H3. The second-order valence-electron chi connectivity index (χ2n) is 31.0. The summed E-state index contributed by atoms with van der Waals surface area (Å²) in [6, 6.07) is 116. The monoisotopic (exact) mass is 1300 g/mol. The number of fused-ring (bicyclic) bond motifs is 11. The third kappa shape index (κ3) is 10.3. The zero-order valence-electron chi connectivity index (χ0n) is 59.2. The van der Waals surface area contributed by atoms with E-state index in [4.69, 9.17) is 0 Å². The minimum absolute atomic E-state index is 0.00188. The van der Waals surface area contributed by atoms with Gasteiger partial charge in [-0.1, -0.05) is 323 Å². The van der Waals surface area contributed by atoms with Crippen molar-refractivity contribution in [3.8, 4) is 33.4 Å². The van der Waals surface area contributed by atoms with E-state index in [0.29, 0.717) is 0 Å². The predicted octanol–water partition coefficient (Wildman–Crippen LogP) is 26.2. The summed E-state index contributed by atoms with van der Waals surface area (Å²) in [6.07, 6.45) is 5.44. The van der Waals surface area contributed by atoms with Crippen LogP contribution in [0.4, 0.5) is 34.1 Å². The molecule has 0 saturated carbocycles. The smallest absolute Gasteiger partial charge is 0.0540 e. The third-order valence-electron chi connectivity index (χ3n) is 22.8. The zero-order chi connectivity index (χ0) is 69.2. The van der Waals surface area contributed by atoms with Crippen molar-refractivity contribution in [3.63, 3.8) is 0 Å². The Bertz CT molecular complexity index is 5260. The van der Waals surface area contributed by atoms with Gasteiger partial charge in [-0.15, -0.1) is 0 Å². The molecule has 490 valence electrons. The van der Waals surface area contributed by atoms with Crippen molar-refractivity contribution in [1.29, 1.82) is 0 Å². The largest absolute Gasteiger partial charge is 0.310 e. The van der Waals surface area contributed by atoms with Crippen LogP contribution in [0.2, 0.25) is 0 Å². The SMILES string of the molecule is C=Cc1ccc(CC2(c3ccc(C(C)(C)C)cc3)c3ccccc3-c3ccc(N(c4ccc5c(c4)C(C)(C)c4cc(N(c6ccc7c(c6)C(Cc6ccc(C=C)cc6)(c6ccc(C(C)(C)C)cc6)c6ccccc6-7)c6cccc7ccccc67)ccc4-5)c4cccc5ccccc45)cc32)cc1. The first kappa shape index (κ1) is 63.1. The number of anilines is 6. The number of nitrogens with zero attached hydrogens (tertiary/aromatic N) is 2. The summed E-state index contributed by atoms with van der Waals surface area (Å²) < 4.78 is 0. The minimum atomic E-state index is -0.512. The van der Waals surface area contributed by atoms with Crippen molar-refractivity contribution < 1.29 is 0 Å². The van der Waals surface area contributed by atoms with E-state index in [9.17, 15) is 0 Å². The molecule has 0 saturated heterocycles. The number of hydrogen-bond donors (Lipinski definition) is 0. The van der Waals surface area contributed by atoms with Crippen LogP contribution in [0.15, 0.2) is 316 Å². The lowest BCUT2D eigenvalue weighted by Crippen LogP contribution is -2.30. The van der Waals surface area contributed by atoms with E-state index in [-0.39, 0.29) is 10.8 Å². The average molecular weight is 1300 g/mol. The van der Waals surface area contributed by atoms with Gasteiger partial charge in [0.25, 0.3) is 0 Å². The summed E-state index contributed by atoms with van der Waals surface area (Å²) in [5, 5.41) is 4.78. The molecule has 0 aliphatic heterocycles. The highest BCUT2D eigenvalue weighted by Crippen LogP contribution is 2.60. The Morgan fingerprint density at radius 2 is 0.624 bits per heavy atom. The number of hydrogen-bond acceptors (Lipinski definition) is 2. The van der Waals surface area contributed by atoms with Crippen LogP contribution < -0.4 is 9.80 Å². The lowest BCUT2D eigenvalue weighted by atomic mass is 9.68. The molecule has 3 aliphatic rings. The lowest BCUT2D eigenvalue weighted by Gasteiger charge is -2.35. The highest BCUT2D eigenvalue weighted by atomic mass is 15.2. The molecule has 0 heterocycles. The Hall–Kier alpha value is -11.3. The molecule has 3 aliphatic carbocycles. The molecule has 0 fully saturated rings. The van der Waals surface area contributed by atoms with Crippen LogP contribution in [0.25, 0.3) is 67.1 Å². The van der Waals surface area contributed by atoms with E-state index in [1.807, 2.05) is 12.2 Å². The molecule has 14 aromatic carbocycles. The second kappa shape index (κ2) is 24.0. The molecule has 0 amide bonds. The predicted molar refractivity (Wildman–Crippen MR) is 430 cm³/mol. The minimum Gasteiger partial charge on any atom is -0.310 e. The van der Waals surface area contributed by atoms with Gasteiger partial charge in [-0.2, -0.15) is 0 Å². The molecule has 2 nitrogen and oxygen atoms in total. The van der Waals surface area contributed by atoms with E-state index in [2.05, 4.69) is 382 Å². The third-order valence-corrected chi connectivity index (χ3v) is 22.8. The fourth-order valence-electron chi connectivity index (χ4n) is 17.5. The topological polar surface area (TPSA) is 6.48 Å². The molecule has 0 radical (unpaired) electrons. The van der Waals surface area contributed by atoms with Crippen LogP contribution in [0.3, 0.4) is 0 Å². The van der Waals surface area contributed by atoms with Gasteiger partial charge in [-0.25, -0.2) is 0 Å². The molecule has 0 bridgehead atoms. The molecule has 17 rings (SSSR count). The Labute approximate surface area is 596 Å². The van der Waals surface area contributed by atoms with Crippen molar-refractivity contribution in [3.05, 3.63) is 394 Å². The Morgan fingerprint density at radius 3 is 0.990 bits per heavy atom. The van der Waals surface area contributed by atoms with Crippen LogP contribution in [-0.2, 0) is 39.9 Å². The van der Waals surface area contributed by atoms with E-state index >= 15 is 0 Å². The van der Waals surface area contributed by atoms with Gasteiger partial charge in [0.15, 0.2) is 0 Å². The van der Waals surface area contributed by atoms with Crippen molar-refractivity contribution in [1.82, 2.24) is 0 Å². The molecular formula is C99H84N2. The Morgan fingerprint density at radius 1 is 0.307 bits per heavy atom. The van der Waals surface area contributed by atoms with Gasteiger partial charge in [-0.05, 0) is 206 Å². The summed E-state index contributed by atoms with van der Waals surface area (Å²) >= 11 is 0. The van der Waals surface area contributed by atoms with Crippen LogP contribution in [0.5, 0.6) is 0 Å². The van der Waals surface area contributed by atoms with E-state index in [0.717, 1.165) is 58.1 Å². The van der Waals surface area contributed by atoms with E-state index < -0.39 is 16.2 Å². The van der Waals surface area contributed by atoms with Gasteiger partial charge >= 0.3 is 0 Å². The molecular weight excluding hydrogens is 1220 g/mol. The van der Waals surface area contributed by atoms with Crippen molar-refractivity contribution in [2.75, 3.05) is 9.80 Å². The van der Waals surface area contributed by atoms with Crippen LogP contribution in [0, 0.1) is 0 Å². The maximum Gasteiger partial charge on any atom is 0.0540 e. The van der Waals surface area contributed by atoms with Crippen molar-refractivity contribution in [2.24, 2.45) is 0 Å². The van der Waals surface area contributed by atoms with Gasteiger partial charge in [0.1, 0.15) is 0 Å². The molecule has 0 N–H and O–H groups in total. The number of benzene rings is 14. The van der Waals surface area contributed by atoms with E-state index in [1.54, 1.807) is 0 Å². The highest BCUT2D eigenvalue weighted by molar-refractivity contribution is 6.02. The van der Waals surface area contributed by atoms with Gasteiger partial charge in [0, 0.05) is 38.9 Å². The molecule has 0 spiro atoms. The fourth-order valence-corrected chi connectivity index (χ4v) is 17.5. The maximum atomic E-state index is 4.12. The quantitative estimate of drug-likeness (QED) is 0.107. The highest BCUT2D eigenvalue weighted by Gasteiger charge is 2.48. The average Bonchev–Trinajstić information content (AvgIpc) is 1.57. The summed E-state index contributed by atoms with van der Waals surface area (Å²) in [5.41, 5.74) is 30.8. The fraction of sp³-hybridized carbons (Fsp3) is 0.152. The van der Waals surface area contributed by atoms with Crippen LogP contribution in [-0.4, -0.2) is 0 Å². The molecule has 2 heteroatoms. The van der Waals surface area contributed by atoms with Crippen molar-refractivity contribution in [2.45, 2.75) is 95.3 Å². The summed E-state index contributed by atoms with van der Waals surface area (Å²) in [5.74, 6) is 0. The summed E-state index contributed by atoms with van der Waals surface area (Å²) in [6.45, 7) is 27.0. The lowest BCUT2D eigenvalue weighted by molar-refractivity contribution is 0.586. The van der Waals surface area contributed by atoms with Gasteiger partial charge in [0.05, 0.1) is 22.2 Å². The summed E-state index contributed by atoms with van der Waals surface area (Å²) in [4.78, 5) is 5.10. The maximum absolute atomic E-state index is 4.12. The molecule has 0 aromatic heterocycles. The molecule has 101 heavy (non-hydrogen) atoms. The van der Waals surface area contributed by atoms with Gasteiger partial charge < -0.3 is 9.80 Å². The first-order valence-electron chi connectivity index (χ1n) is 35.9.